The van der Waals surface area contributed by atoms with Crippen LogP contribution in [0.1, 0.15) is 20.8 Å². The second-order valence-electron chi connectivity index (χ2n) is 3.25. The van der Waals surface area contributed by atoms with E-state index in [9.17, 15) is 13.2 Å². The average molecular weight is 235 g/mol. The molecule has 0 heterocycles. The molecule has 0 aliphatic rings. The molecule has 5 nitrogen and oxygen atoms in total. The molecule has 0 bridgehead atoms. The predicted molar refractivity (Wildman–Crippen MR) is 57.8 cm³/mol. The highest BCUT2D eigenvalue weighted by Crippen LogP contribution is 1.97. The lowest BCUT2D eigenvalue weighted by Crippen LogP contribution is -2.34. The van der Waals surface area contributed by atoms with Crippen molar-refractivity contribution in [3.63, 3.8) is 0 Å². The maximum atomic E-state index is 11.1. The Labute approximate surface area is 90.6 Å². The zero-order valence-electron chi connectivity index (χ0n) is 9.24. The molecule has 88 valence electrons. The summed E-state index contributed by atoms with van der Waals surface area (Å²) in [6, 6.07) is 0. The first-order valence-electron chi connectivity index (χ1n) is 4.62. The number of rotatable bonds is 6. The number of carbonyl (C=O) groups is 1. The lowest BCUT2D eigenvalue weighted by molar-refractivity contribution is -0.143. The molecule has 0 spiro atoms. The van der Waals surface area contributed by atoms with Gasteiger partial charge in [0.1, 0.15) is 6.10 Å². The van der Waals surface area contributed by atoms with E-state index in [1.165, 1.54) is 13.8 Å². The van der Waals surface area contributed by atoms with Crippen molar-refractivity contribution < 1.29 is 17.9 Å². The normalized spacial score (nSPS) is 13.3. The van der Waals surface area contributed by atoms with Crippen molar-refractivity contribution in [1.29, 1.82) is 0 Å². The van der Waals surface area contributed by atoms with Crippen molar-refractivity contribution in [1.82, 2.24) is 4.72 Å². The number of ether oxygens (including phenoxy) is 1. The van der Waals surface area contributed by atoms with Crippen LogP contribution in [0.25, 0.3) is 0 Å². The molecule has 1 N–H and O–H groups in total. The second kappa shape index (κ2) is 5.87. The van der Waals surface area contributed by atoms with Gasteiger partial charge in [0.25, 0.3) is 0 Å². The van der Waals surface area contributed by atoms with Gasteiger partial charge in [-0.05, 0) is 20.8 Å². The first kappa shape index (κ1) is 14.1. The zero-order chi connectivity index (χ0) is 12.1. The Morgan fingerprint density at radius 2 is 2.07 bits per heavy atom. The van der Waals surface area contributed by atoms with Gasteiger partial charge in [-0.15, -0.1) is 0 Å². The molecule has 0 aliphatic carbocycles. The number of hydrogen-bond donors (Lipinski definition) is 1. The summed E-state index contributed by atoms with van der Waals surface area (Å²) in [5.74, 6) is -0.507. The van der Waals surface area contributed by atoms with Gasteiger partial charge in [0, 0.05) is 12.1 Å². The van der Waals surface area contributed by atoms with Crippen LogP contribution in [0.5, 0.6) is 0 Å². The van der Waals surface area contributed by atoms with Crippen molar-refractivity contribution in [2.24, 2.45) is 0 Å². The van der Waals surface area contributed by atoms with Gasteiger partial charge in [-0.1, -0.05) is 6.58 Å². The molecule has 0 aliphatic heterocycles. The van der Waals surface area contributed by atoms with E-state index in [0.717, 1.165) is 0 Å². The molecular formula is C9H17NO4S. The smallest absolute Gasteiger partial charge is 0.333 e. The van der Waals surface area contributed by atoms with E-state index < -0.39 is 22.1 Å². The van der Waals surface area contributed by atoms with Crippen LogP contribution in [-0.2, 0) is 19.6 Å². The van der Waals surface area contributed by atoms with Crippen molar-refractivity contribution in [3.05, 3.63) is 12.2 Å². The van der Waals surface area contributed by atoms with E-state index >= 15 is 0 Å². The van der Waals surface area contributed by atoms with Crippen molar-refractivity contribution in [3.8, 4) is 0 Å². The van der Waals surface area contributed by atoms with E-state index in [1.54, 1.807) is 6.92 Å². The molecular weight excluding hydrogens is 218 g/mol. The molecule has 0 amide bonds. The summed E-state index contributed by atoms with van der Waals surface area (Å²) in [5.41, 5.74) is 0.292. The van der Waals surface area contributed by atoms with Crippen LogP contribution in [0.15, 0.2) is 12.2 Å². The zero-order valence-corrected chi connectivity index (χ0v) is 10.1. The Morgan fingerprint density at radius 1 is 1.53 bits per heavy atom. The summed E-state index contributed by atoms with van der Waals surface area (Å²) >= 11 is 0. The summed E-state index contributed by atoms with van der Waals surface area (Å²) in [6.45, 7) is 8.18. The maximum Gasteiger partial charge on any atom is 0.333 e. The van der Waals surface area contributed by atoms with Gasteiger partial charge in [0.15, 0.2) is 0 Å². The van der Waals surface area contributed by atoms with Crippen LogP contribution in [-0.4, -0.2) is 32.8 Å². The molecule has 1 unspecified atom stereocenters. The fourth-order valence-electron chi connectivity index (χ4n) is 0.671. The summed E-state index contributed by atoms with van der Waals surface area (Å²) in [7, 11) is -3.23. The van der Waals surface area contributed by atoms with Gasteiger partial charge in [-0.25, -0.2) is 17.9 Å². The van der Waals surface area contributed by atoms with Crippen molar-refractivity contribution in [2.75, 3.05) is 12.3 Å². The van der Waals surface area contributed by atoms with Gasteiger partial charge in [-0.2, -0.15) is 0 Å². The van der Waals surface area contributed by atoms with Crippen LogP contribution >= 0.6 is 0 Å². The molecule has 1 atom stereocenters. The lowest BCUT2D eigenvalue weighted by Gasteiger charge is -2.13. The average Bonchev–Trinajstić information content (AvgIpc) is 2.15. The summed E-state index contributed by atoms with van der Waals surface area (Å²) in [6.07, 6.45) is -0.504. The van der Waals surface area contributed by atoms with Crippen LogP contribution in [0.2, 0.25) is 0 Å². The van der Waals surface area contributed by atoms with Gasteiger partial charge in [0.2, 0.25) is 10.0 Å². The Hall–Kier alpha value is -0.880. The lowest BCUT2D eigenvalue weighted by atomic mass is 10.3. The highest BCUT2D eigenvalue weighted by atomic mass is 32.2. The molecule has 0 saturated heterocycles. The predicted octanol–water partition coefficient (Wildman–Crippen LogP) is 0.434. The molecule has 0 aromatic carbocycles. The fourth-order valence-corrected chi connectivity index (χ4v) is 1.36. The number of sulfonamides is 1. The largest absolute Gasteiger partial charge is 0.458 e. The Kier molecular flexibility index (Phi) is 5.53. The highest BCUT2D eigenvalue weighted by Gasteiger charge is 2.13. The number of esters is 1. The molecule has 0 radical (unpaired) electrons. The van der Waals surface area contributed by atoms with E-state index in [-0.39, 0.29) is 12.3 Å². The summed E-state index contributed by atoms with van der Waals surface area (Å²) < 4.78 is 29.3. The van der Waals surface area contributed by atoms with E-state index in [1.807, 2.05) is 0 Å². The number of hydrogen-bond acceptors (Lipinski definition) is 4. The molecule has 0 aromatic rings. The molecule has 0 fully saturated rings. The van der Waals surface area contributed by atoms with Gasteiger partial charge >= 0.3 is 5.97 Å². The minimum Gasteiger partial charge on any atom is -0.458 e. The summed E-state index contributed by atoms with van der Waals surface area (Å²) in [5, 5.41) is 0. The van der Waals surface area contributed by atoms with Gasteiger partial charge in [-0.3, -0.25) is 0 Å². The number of nitrogens with one attached hydrogen (secondary N) is 1. The van der Waals surface area contributed by atoms with E-state index in [2.05, 4.69) is 11.3 Å². The molecule has 0 aromatic heterocycles. The van der Waals surface area contributed by atoms with Gasteiger partial charge in [0.05, 0.1) is 5.75 Å². The number of carbonyl (C=O) groups excluding carboxylic acids is 1. The van der Waals surface area contributed by atoms with Crippen LogP contribution in [0.3, 0.4) is 0 Å². The minimum atomic E-state index is -3.23. The van der Waals surface area contributed by atoms with Crippen molar-refractivity contribution in [2.45, 2.75) is 26.9 Å². The van der Waals surface area contributed by atoms with Gasteiger partial charge < -0.3 is 4.74 Å². The minimum absolute atomic E-state index is 0.00809. The standard InChI is InChI=1S/C9H17NO4S/c1-5-15(12,13)10-6-8(4)14-9(11)7(2)3/h8,10H,2,5-6H2,1,3-4H3. The first-order chi connectivity index (χ1) is 6.78. The first-order valence-corrected chi connectivity index (χ1v) is 6.27. The molecule has 0 saturated carbocycles. The maximum absolute atomic E-state index is 11.1. The molecule has 15 heavy (non-hydrogen) atoms. The van der Waals surface area contributed by atoms with Crippen LogP contribution in [0.4, 0.5) is 0 Å². The molecule has 6 heteroatoms. The Bertz CT molecular complexity index is 334. The second-order valence-corrected chi connectivity index (χ2v) is 5.34. The third kappa shape index (κ3) is 6.24. The Balaban J connectivity index is 4.01. The summed E-state index contributed by atoms with van der Waals surface area (Å²) in [4.78, 5) is 11.0. The van der Waals surface area contributed by atoms with Crippen molar-refractivity contribution >= 4 is 16.0 Å². The van der Waals surface area contributed by atoms with E-state index in [4.69, 9.17) is 4.74 Å². The topological polar surface area (TPSA) is 72.5 Å². The molecule has 0 rings (SSSR count). The fraction of sp³-hybridized carbons (Fsp3) is 0.667. The van der Waals surface area contributed by atoms with E-state index in [0.29, 0.717) is 5.57 Å². The third-order valence-electron chi connectivity index (χ3n) is 1.63. The van der Waals surface area contributed by atoms with Crippen LogP contribution < -0.4 is 4.72 Å². The third-order valence-corrected chi connectivity index (χ3v) is 2.99. The highest BCUT2D eigenvalue weighted by molar-refractivity contribution is 7.89. The monoisotopic (exact) mass is 235 g/mol. The van der Waals surface area contributed by atoms with Crippen LogP contribution in [0, 0.1) is 0 Å². The SMILES string of the molecule is C=C(C)C(=O)OC(C)CNS(=O)(=O)CC. The Morgan fingerprint density at radius 3 is 2.47 bits per heavy atom. The quantitative estimate of drug-likeness (QED) is 0.535.